The van der Waals surface area contributed by atoms with Gasteiger partial charge in [0.05, 0.1) is 29.6 Å². The third kappa shape index (κ3) is 4.24. The lowest BCUT2D eigenvalue weighted by Crippen LogP contribution is -2.43. The molecule has 28 heavy (non-hydrogen) atoms. The summed E-state index contributed by atoms with van der Waals surface area (Å²) in [5.41, 5.74) is 0.891. The summed E-state index contributed by atoms with van der Waals surface area (Å²) in [6.45, 7) is 7.10. The quantitative estimate of drug-likeness (QED) is 0.538. The molecule has 1 unspecified atom stereocenters. The van der Waals surface area contributed by atoms with Gasteiger partial charge < -0.3 is 18.6 Å². The molecule has 0 bridgehead atoms. The van der Waals surface area contributed by atoms with Crippen molar-refractivity contribution in [3.8, 4) is 11.4 Å². The maximum atomic E-state index is 12.8. The maximum Gasteiger partial charge on any atom is 0.309 e. The second-order valence-electron chi connectivity index (χ2n) is 6.87. The predicted molar refractivity (Wildman–Crippen MR) is 105 cm³/mol. The van der Waals surface area contributed by atoms with Crippen LogP contribution in [0.4, 0.5) is 0 Å². The number of aryl methyl sites for hydroxylation is 1. The lowest BCUT2D eigenvalue weighted by molar-refractivity contribution is -0.151. The summed E-state index contributed by atoms with van der Waals surface area (Å²) in [7, 11) is 1.88. The molecule has 0 saturated carbocycles. The Kier molecular flexibility index (Phi) is 6.43. The molecule has 0 radical (unpaired) electrons. The van der Waals surface area contributed by atoms with Crippen molar-refractivity contribution in [3.05, 3.63) is 18.1 Å². The zero-order valence-electron chi connectivity index (χ0n) is 16.7. The van der Waals surface area contributed by atoms with Gasteiger partial charge >= 0.3 is 5.97 Å². The zero-order chi connectivity index (χ0) is 20.3. The second-order valence-corrected chi connectivity index (χ2v) is 8.18. The van der Waals surface area contributed by atoms with Crippen molar-refractivity contribution in [1.29, 1.82) is 0 Å². The Hall–Kier alpha value is -2.29. The molecule has 3 heterocycles. The number of likely N-dealkylation sites (tertiary alicyclic amines) is 1. The predicted octanol–water partition coefficient (Wildman–Crippen LogP) is 2.67. The molecule has 2 aromatic heterocycles. The number of piperidine rings is 1. The number of aromatic nitrogens is 3. The molecule has 0 spiro atoms. The third-order valence-electron chi connectivity index (χ3n) is 4.99. The van der Waals surface area contributed by atoms with Crippen LogP contribution in [-0.4, -0.2) is 56.5 Å². The summed E-state index contributed by atoms with van der Waals surface area (Å²) in [4.78, 5) is 26.5. The molecule has 1 aliphatic heterocycles. The van der Waals surface area contributed by atoms with Crippen LogP contribution < -0.4 is 0 Å². The van der Waals surface area contributed by atoms with Crippen molar-refractivity contribution in [2.45, 2.75) is 44.0 Å². The molecular weight excluding hydrogens is 380 g/mol. The Balaban J connectivity index is 1.59. The lowest BCUT2D eigenvalue weighted by Gasteiger charge is -2.32. The highest BCUT2D eigenvalue weighted by Crippen LogP contribution is 2.29. The van der Waals surface area contributed by atoms with Gasteiger partial charge in [0.25, 0.3) is 0 Å². The molecule has 3 rings (SSSR count). The van der Waals surface area contributed by atoms with Gasteiger partial charge in [-0.05, 0) is 39.7 Å². The first-order chi connectivity index (χ1) is 13.4. The van der Waals surface area contributed by atoms with Crippen LogP contribution in [0.5, 0.6) is 0 Å². The van der Waals surface area contributed by atoms with Crippen molar-refractivity contribution >= 4 is 23.6 Å². The molecule has 1 atom stereocenters. The third-order valence-corrected chi connectivity index (χ3v) is 6.11. The molecule has 0 aliphatic carbocycles. The molecule has 1 amide bonds. The number of nitrogens with zero attached hydrogens (tertiary/aromatic N) is 4. The topological polar surface area (TPSA) is 90.5 Å². The fraction of sp³-hybridized carbons (Fsp3) is 0.579. The van der Waals surface area contributed by atoms with Gasteiger partial charge in [-0.15, -0.1) is 10.2 Å². The number of carbonyl (C=O) groups excluding carboxylic acids is 2. The Labute approximate surface area is 168 Å². The number of esters is 1. The van der Waals surface area contributed by atoms with Crippen molar-refractivity contribution < 1.29 is 18.7 Å². The molecular formula is C19H26N4O4S. The minimum absolute atomic E-state index is 0.0522. The van der Waals surface area contributed by atoms with Crippen molar-refractivity contribution in [2.24, 2.45) is 13.0 Å². The first-order valence-electron chi connectivity index (χ1n) is 9.48. The van der Waals surface area contributed by atoms with E-state index in [1.54, 1.807) is 13.2 Å². The number of amides is 1. The zero-order valence-corrected chi connectivity index (χ0v) is 17.5. The van der Waals surface area contributed by atoms with Gasteiger partial charge in [-0.3, -0.25) is 9.59 Å². The normalized spacial score (nSPS) is 16.2. The average molecular weight is 407 g/mol. The summed E-state index contributed by atoms with van der Waals surface area (Å²) in [6.07, 6.45) is 2.92. The number of furan rings is 1. The van der Waals surface area contributed by atoms with Gasteiger partial charge in [-0.2, -0.15) is 0 Å². The van der Waals surface area contributed by atoms with E-state index < -0.39 is 0 Å². The van der Waals surface area contributed by atoms with Gasteiger partial charge in [0.2, 0.25) is 5.91 Å². The van der Waals surface area contributed by atoms with Gasteiger partial charge in [-0.25, -0.2) is 0 Å². The van der Waals surface area contributed by atoms with Gasteiger partial charge in [-0.1, -0.05) is 11.8 Å². The van der Waals surface area contributed by atoms with Crippen molar-refractivity contribution in [1.82, 2.24) is 19.7 Å². The number of hydrogen-bond acceptors (Lipinski definition) is 7. The molecule has 1 saturated heterocycles. The van der Waals surface area contributed by atoms with Crippen LogP contribution >= 0.6 is 11.8 Å². The van der Waals surface area contributed by atoms with Crippen molar-refractivity contribution in [3.63, 3.8) is 0 Å². The second kappa shape index (κ2) is 8.81. The highest BCUT2D eigenvalue weighted by molar-refractivity contribution is 8.00. The summed E-state index contributed by atoms with van der Waals surface area (Å²) < 4.78 is 12.3. The lowest BCUT2D eigenvalue weighted by atomic mass is 9.97. The van der Waals surface area contributed by atoms with Gasteiger partial charge in [0.1, 0.15) is 5.76 Å². The molecule has 0 aromatic carbocycles. The Morgan fingerprint density at radius 3 is 2.68 bits per heavy atom. The van der Waals surface area contributed by atoms with Gasteiger partial charge in [0, 0.05) is 20.1 Å². The Bertz CT molecular complexity index is 839. The van der Waals surface area contributed by atoms with E-state index in [1.807, 2.05) is 36.4 Å². The van der Waals surface area contributed by atoms with E-state index in [2.05, 4.69) is 10.2 Å². The van der Waals surface area contributed by atoms with E-state index in [9.17, 15) is 9.59 Å². The highest BCUT2D eigenvalue weighted by Gasteiger charge is 2.31. The van der Waals surface area contributed by atoms with Crippen LogP contribution in [0.25, 0.3) is 11.4 Å². The van der Waals surface area contributed by atoms with Crippen molar-refractivity contribution in [2.75, 3.05) is 19.7 Å². The standard InChI is InChI=1S/C19H26N4O4S/c1-5-26-18(25)14-6-9-23(10-7-14)17(24)13(3)28-19-21-20-16(22(19)4)15-8-11-27-12(15)2/h8,11,13-14H,5-7,9-10H2,1-4H3. The van der Waals surface area contributed by atoms with E-state index in [-0.39, 0.29) is 23.0 Å². The van der Waals surface area contributed by atoms with Crippen LogP contribution in [0.1, 0.15) is 32.4 Å². The summed E-state index contributed by atoms with van der Waals surface area (Å²) in [6, 6.07) is 1.86. The van der Waals surface area contributed by atoms with Crippen LogP contribution in [0.3, 0.4) is 0 Å². The number of carbonyl (C=O) groups is 2. The minimum Gasteiger partial charge on any atom is -0.469 e. The minimum atomic E-state index is -0.291. The van der Waals surface area contributed by atoms with E-state index in [4.69, 9.17) is 9.15 Å². The average Bonchev–Trinajstić information content (AvgIpc) is 3.27. The van der Waals surface area contributed by atoms with Crippen LogP contribution in [0.15, 0.2) is 21.9 Å². The maximum absolute atomic E-state index is 12.8. The number of rotatable bonds is 6. The molecule has 9 heteroatoms. The largest absolute Gasteiger partial charge is 0.469 e. The van der Waals surface area contributed by atoms with E-state index in [0.29, 0.717) is 43.5 Å². The molecule has 1 aliphatic rings. The summed E-state index contributed by atoms with van der Waals surface area (Å²) in [5.74, 6) is 1.28. The molecule has 0 N–H and O–H groups in total. The smallest absolute Gasteiger partial charge is 0.309 e. The molecule has 8 nitrogen and oxygen atoms in total. The highest BCUT2D eigenvalue weighted by atomic mass is 32.2. The van der Waals surface area contributed by atoms with Gasteiger partial charge in [0.15, 0.2) is 11.0 Å². The monoisotopic (exact) mass is 406 g/mol. The summed E-state index contributed by atoms with van der Waals surface area (Å²) >= 11 is 1.39. The van der Waals surface area contributed by atoms with E-state index in [0.717, 1.165) is 11.3 Å². The van der Waals surface area contributed by atoms with E-state index in [1.165, 1.54) is 11.8 Å². The van der Waals surface area contributed by atoms with Crippen LogP contribution in [-0.2, 0) is 21.4 Å². The first kappa shape index (κ1) is 20.4. The Morgan fingerprint density at radius 1 is 1.36 bits per heavy atom. The first-order valence-corrected chi connectivity index (χ1v) is 10.4. The summed E-state index contributed by atoms with van der Waals surface area (Å²) in [5, 5.41) is 8.87. The number of thioether (sulfide) groups is 1. The fourth-order valence-electron chi connectivity index (χ4n) is 3.33. The SMILES string of the molecule is CCOC(=O)C1CCN(C(=O)C(C)Sc2nnc(-c3ccoc3C)n2C)CC1. The molecule has 2 aromatic rings. The van der Waals surface area contributed by atoms with Crippen LogP contribution in [0, 0.1) is 12.8 Å². The number of ether oxygens (including phenoxy) is 1. The van der Waals surface area contributed by atoms with E-state index >= 15 is 0 Å². The molecule has 152 valence electrons. The number of hydrogen-bond donors (Lipinski definition) is 0. The van der Waals surface area contributed by atoms with Crippen LogP contribution in [0.2, 0.25) is 0 Å². The Morgan fingerprint density at radius 2 is 2.07 bits per heavy atom. The molecule has 1 fully saturated rings. The fourth-order valence-corrected chi connectivity index (χ4v) is 4.23.